The molecule has 0 bridgehead atoms. The van der Waals surface area contributed by atoms with Gasteiger partial charge >= 0.3 is 0 Å². The lowest BCUT2D eigenvalue weighted by molar-refractivity contribution is -0.127. The highest BCUT2D eigenvalue weighted by Gasteiger charge is 2.13. The van der Waals surface area contributed by atoms with E-state index in [2.05, 4.69) is 12.1 Å². The number of hydrogen-bond donors (Lipinski definition) is 1. The van der Waals surface area contributed by atoms with E-state index in [1.165, 1.54) is 9.80 Å². The zero-order chi connectivity index (χ0) is 17.2. The second-order valence-electron chi connectivity index (χ2n) is 5.43. The van der Waals surface area contributed by atoms with Crippen LogP contribution in [-0.2, 0) is 9.59 Å². The predicted octanol–water partition coefficient (Wildman–Crippen LogP) is 3.69. The van der Waals surface area contributed by atoms with Gasteiger partial charge in [-0.15, -0.1) is 0 Å². The molecule has 0 aliphatic heterocycles. The van der Waals surface area contributed by atoms with Crippen LogP contribution in [0.25, 0.3) is 0 Å². The van der Waals surface area contributed by atoms with Crippen LogP contribution in [0.4, 0.5) is 0 Å². The molecule has 2 N–H and O–H groups in total. The molecular formula is C17H24N2O2S2. The van der Waals surface area contributed by atoms with Crippen molar-refractivity contribution in [3.63, 3.8) is 0 Å². The van der Waals surface area contributed by atoms with E-state index in [4.69, 9.17) is 5.73 Å². The van der Waals surface area contributed by atoms with Gasteiger partial charge in [-0.1, -0.05) is 53.6 Å². The minimum absolute atomic E-state index is 0.000535. The van der Waals surface area contributed by atoms with Crippen molar-refractivity contribution in [2.24, 2.45) is 11.7 Å². The van der Waals surface area contributed by atoms with E-state index in [9.17, 15) is 9.59 Å². The smallest absolute Gasteiger partial charge is 0.246 e. The van der Waals surface area contributed by atoms with Crippen molar-refractivity contribution in [2.45, 2.75) is 31.6 Å². The van der Waals surface area contributed by atoms with Crippen molar-refractivity contribution in [2.75, 3.05) is 12.8 Å². The lowest BCUT2D eigenvalue weighted by Gasteiger charge is -2.15. The van der Waals surface area contributed by atoms with Crippen LogP contribution in [0.1, 0.15) is 26.7 Å². The molecule has 0 aliphatic rings. The largest absolute Gasteiger partial charge is 0.366 e. The van der Waals surface area contributed by atoms with Gasteiger partial charge in [0.25, 0.3) is 0 Å². The van der Waals surface area contributed by atoms with Crippen LogP contribution in [-0.4, -0.2) is 29.5 Å². The lowest BCUT2D eigenvalue weighted by Crippen LogP contribution is -2.26. The summed E-state index contributed by atoms with van der Waals surface area (Å²) in [5.41, 5.74) is 5.80. The number of carbonyl (C=O) groups is 2. The van der Waals surface area contributed by atoms with Crippen LogP contribution in [0.2, 0.25) is 0 Å². The van der Waals surface area contributed by atoms with Crippen LogP contribution in [0.15, 0.2) is 47.0 Å². The fraction of sp³-hybridized carbons (Fsp3) is 0.412. The average Bonchev–Trinajstić information content (AvgIpc) is 2.52. The van der Waals surface area contributed by atoms with Gasteiger partial charge in [-0.3, -0.25) is 9.59 Å². The summed E-state index contributed by atoms with van der Waals surface area (Å²) in [5.74, 6) is 0.417. The summed E-state index contributed by atoms with van der Waals surface area (Å²) in [6, 6.07) is 10.2. The molecule has 0 radical (unpaired) electrons. The topological polar surface area (TPSA) is 63.4 Å². The summed E-state index contributed by atoms with van der Waals surface area (Å²) in [5, 5.41) is 0. The van der Waals surface area contributed by atoms with E-state index < -0.39 is 5.91 Å². The van der Waals surface area contributed by atoms with Gasteiger partial charge in [0.15, 0.2) is 0 Å². The Balaban J connectivity index is 2.33. The average molecular weight is 353 g/mol. The molecular weight excluding hydrogens is 328 g/mol. The van der Waals surface area contributed by atoms with Crippen molar-refractivity contribution in [3.8, 4) is 0 Å². The summed E-state index contributed by atoms with van der Waals surface area (Å²) in [4.78, 5) is 26.1. The van der Waals surface area contributed by atoms with Crippen LogP contribution >= 0.6 is 21.6 Å². The molecule has 0 aromatic heterocycles. The van der Waals surface area contributed by atoms with Gasteiger partial charge in [0, 0.05) is 35.9 Å². The molecule has 0 heterocycles. The Morgan fingerprint density at radius 1 is 1.26 bits per heavy atom. The molecule has 0 atom stereocenters. The molecule has 4 nitrogen and oxygen atoms in total. The van der Waals surface area contributed by atoms with Gasteiger partial charge in [-0.25, -0.2) is 0 Å². The molecule has 0 spiro atoms. The number of benzene rings is 1. The highest BCUT2D eigenvalue weighted by Crippen LogP contribution is 2.31. The number of carbonyl (C=O) groups excluding carboxylic acids is 2. The van der Waals surface area contributed by atoms with Gasteiger partial charge in [0.1, 0.15) is 0 Å². The summed E-state index contributed by atoms with van der Waals surface area (Å²) in [6.07, 6.45) is 2.82. The fourth-order valence-corrected chi connectivity index (χ4v) is 3.92. The Kier molecular flexibility index (Phi) is 8.87. The fourth-order valence-electron chi connectivity index (χ4n) is 1.82. The van der Waals surface area contributed by atoms with Gasteiger partial charge < -0.3 is 10.6 Å². The van der Waals surface area contributed by atoms with Crippen molar-refractivity contribution in [3.05, 3.63) is 42.1 Å². The second kappa shape index (κ2) is 10.4. The first-order valence-electron chi connectivity index (χ1n) is 7.53. The molecule has 1 aromatic rings. The quantitative estimate of drug-likeness (QED) is 0.418. The molecule has 1 aromatic carbocycles. The van der Waals surface area contributed by atoms with Crippen molar-refractivity contribution in [1.82, 2.24) is 4.90 Å². The standard InChI is InChI=1S/C17H24N2O2S2/c1-13(2)15(17(18)21)12-19(3)16(20)10-7-11-22-23-14-8-5-4-6-9-14/h4-6,8-9,12-13H,7,10-11H2,1-3H3,(H2,18,21)/b15-12-. The van der Waals surface area contributed by atoms with E-state index >= 15 is 0 Å². The van der Waals surface area contributed by atoms with Crippen LogP contribution in [0, 0.1) is 5.92 Å². The van der Waals surface area contributed by atoms with Gasteiger partial charge in [-0.05, 0) is 24.5 Å². The number of amides is 2. The summed E-state index contributed by atoms with van der Waals surface area (Å²) in [6.45, 7) is 3.76. The van der Waals surface area contributed by atoms with Gasteiger partial charge in [-0.2, -0.15) is 0 Å². The van der Waals surface area contributed by atoms with Crippen LogP contribution < -0.4 is 5.73 Å². The van der Waals surface area contributed by atoms with Crippen molar-refractivity contribution in [1.29, 1.82) is 0 Å². The Morgan fingerprint density at radius 3 is 2.48 bits per heavy atom. The first-order chi connectivity index (χ1) is 10.9. The first kappa shape index (κ1) is 19.6. The maximum absolute atomic E-state index is 12.1. The van der Waals surface area contributed by atoms with Crippen LogP contribution in [0.3, 0.4) is 0 Å². The van der Waals surface area contributed by atoms with Crippen molar-refractivity contribution >= 4 is 33.4 Å². The first-order valence-corrected chi connectivity index (χ1v) is 9.85. The monoisotopic (exact) mass is 352 g/mol. The number of nitrogens with zero attached hydrogens (tertiary/aromatic N) is 1. The predicted molar refractivity (Wildman–Crippen MR) is 98.9 cm³/mol. The molecule has 0 unspecified atom stereocenters. The van der Waals surface area contributed by atoms with Gasteiger partial charge in [0.05, 0.1) is 0 Å². The minimum Gasteiger partial charge on any atom is -0.366 e. The summed E-state index contributed by atoms with van der Waals surface area (Å²) < 4.78 is 0. The third-order valence-electron chi connectivity index (χ3n) is 3.15. The van der Waals surface area contributed by atoms with Gasteiger partial charge in [0.2, 0.25) is 11.8 Å². The number of rotatable bonds is 9. The SMILES string of the molecule is CC(C)/C(=C/N(C)C(=O)CCCSSc1ccccc1)C(N)=O. The number of nitrogens with two attached hydrogens (primary N) is 1. The second-order valence-corrected chi connectivity index (χ2v) is 7.92. The van der Waals surface area contributed by atoms with E-state index in [0.29, 0.717) is 12.0 Å². The van der Waals surface area contributed by atoms with E-state index in [-0.39, 0.29) is 11.8 Å². The Bertz CT molecular complexity index is 545. The maximum atomic E-state index is 12.1. The Morgan fingerprint density at radius 2 is 1.91 bits per heavy atom. The normalized spacial score (nSPS) is 11.6. The molecule has 6 heteroatoms. The van der Waals surface area contributed by atoms with Crippen LogP contribution in [0.5, 0.6) is 0 Å². The Hall–Kier alpha value is -1.40. The van der Waals surface area contributed by atoms with E-state index in [1.54, 1.807) is 34.8 Å². The molecule has 126 valence electrons. The molecule has 0 saturated heterocycles. The minimum atomic E-state index is -0.477. The third kappa shape index (κ3) is 7.61. The Labute approximate surface area is 146 Å². The summed E-state index contributed by atoms with van der Waals surface area (Å²) in [7, 11) is 5.12. The van der Waals surface area contributed by atoms with Crippen molar-refractivity contribution < 1.29 is 9.59 Å². The highest BCUT2D eigenvalue weighted by atomic mass is 33.1. The molecule has 2 amide bonds. The highest BCUT2D eigenvalue weighted by molar-refractivity contribution is 8.76. The molecule has 0 saturated carbocycles. The molecule has 0 fully saturated rings. The molecule has 1 rings (SSSR count). The third-order valence-corrected chi connectivity index (χ3v) is 5.62. The molecule has 23 heavy (non-hydrogen) atoms. The zero-order valence-corrected chi connectivity index (χ0v) is 15.5. The summed E-state index contributed by atoms with van der Waals surface area (Å²) >= 11 is 0. The maximum Gasteiger partial charge on any atom is 0.246 e. The number of hydrogen-bond acceptors (Lipinski definition) is 4. The lowest BCUT2D eigenvalue weighted by atomic mass is 10.0. The van der Waals surface area contributed by atoms with E-state index in [0.717, 1.165) is 12.2 Å². The zero-order valence-electron chi connectivity index (χ0n) is 13.8. The molecule has 0 aliphatic carbocycles. The number of primary amides is 1. The van der Waals surface area contributed by atoms with E-state index in [1.807, 2.05) is 32.0 Å².